The van der Waals surface area contributed by atoms with Crippen LogP contribution in [0, 0.1) is 0 Å². The number of carbonyl (C=O) groups excluding carboxylic acids is 2. The van der Waals surface area contributed by atoms with Crippen LogP contribution < -0.4 is 5.32 Å². The van der Waals surface area contributed by atoms with Crippen molar-refractivity contribution in [1.29, 1.82) is 0 Å². The molecular weight excluding hydrogens is 290 g/mol. The number of amides is 1. The quantitative estimate of drug-likeness (QED) is 0.478. The maximum atomic E-state index is 11.5. The molecule has 0 aromatic carbocycles. The Labute approximate surface area is 120 Å². The minimum absolute atomic E-state index is 0.0266. The van der Waals surface area contributed by atoms with Crippen molar-refractivity contribution in [2.75, 3.05) is 28.9 Å². The van der Waals surface area contributed by atoms with Gasteiger partial charge in [-0.2, -0.15) is 0 Å². The summed E-state index contributed by atoms with van der Waals surface area (Å²) in [6.07, 6.45) is 0.0266. The van der Waals surface area contributed by atoms with Crippen molar-refractivity contribution in [1.82, 2.24) is 5.32 Å². The van der Waals surface area contributed by atoms with Gasteiger partial charge in [0.15, 0.2) is 0 Å². The Morgan fingerprint density at radius 3 is 2.72 bits per heavy atom. The molecule has 1 fully saturated rings. The Morgan fingerprint density at radius 1 is 1.44 bits per heavy atom. The van der Waals surface area contributed by atoms with Gasteiger partial charge < -0.3 is 10.1 Å². The summed E-state index contributed by atoms with van der Waals surface area (Å²) in [5.74, 6) is 2.10. The molecule has 0 radical (unpaired) electrons. The molecule has 1 N–H and O–H groups in total. The highest BCUT2D eigenvalue weighted by Crippen LogP contribution is 2.24. The zero-order valence-corrected chi connectivity index (χ0v) is 12.7. The van der Waals surface area contributed by atoms with Crippen LogP contribution in [0.3, 0.4) is 0 Å². The minimum Gasteiger partial charge on any atom is -0.453 e. The third-order valence-electron chi connectivity index (χ3n) is 2.03. The number of hydrogen-bond acceptors (Lipinski definition) is 6. The summed E-state index contributed by atoms with van der Waals surface area (Å²) >= 11 is 4.68. The molecule has 0 unspecified atom stereocenters. The van der Waals surface area contributed by atoms with Crippen LogP contribution in [0.2, 0.25) is 0 Å². The fourth-order valence-corrected chi connectivity index (χ4v) is 4.02. The average molecular weight is 307 g/mol. The molecule has 1 aliphatic heterocycles. The van der Waals surface area contributed by atoms with Crippen molar-refractivity contribution in [3.05, 3.63) is 12.2 Å². The van der Waals surface area contributed by atoms with Crippen molar-refractivity contribution in [3.8, 4) is 0 Å². The minimum atomic E-state index is -0.257. The topological polar surface area (TPSA) is 55.4 Å². The average Bonchev–Trinajstić information content (AvgIpc) is 2.35. The number of ether oxygens (including phenoxy) is 1. The predicted molar refractivity (Wildman–Crippen MR) is 80.3 cm³/mol. The predicted octanol–water partition coefficient (Wildman–Crippen LogP) is 2.35. The summed E-state index contributed by atoms with van der Waals surface area (Å²) in [7, 11) is 0. The summed E-state index contributed by atoms with van der Waals surface area (Å²) in [6, 6.07) is 0. The van der Waals surface area contributed by atoms with Crippen molar-refractivity contribution in [3.63, 3.8) is 0 Å². The first-order valence-electron chi connectivity index (χ1n) is 5.52. The second kappa shape index (κ2) is 8.77. The van der Waals surface area contributed by atoms with Gasteiger partial charge in [-0.15, -0.1) is 23.5 Å². The lowest BCUT2D eigenvalue weighted by atomic mass is 10.3. The normalized spacial score (nSPS) is 16.1. The summed E-state index contributed by atoms with van der Waals surface area (Å²) < 4.78 is 5.30. The molecule has 1 aliphatic rings. The lowest BCUT2D eigenvalue weighted by Gasteiger charge is -2.20. The van der Waals surface area contributed by atoms with Gasteiger partial charge in [0, 0.05) is 34.5 Å². The van der Waals surface area contributed by atoms with Crippen molar-refractivity contribution < 1.29 is 14.3 Å². The van der Waals surface area contributed by atoms with Gasteiger partial charge in [0.25, 0.3) is 0 Å². The van der Waals surface area contributed by atoms with Gasteiger partial charge in [0.05, 0.1) is 0 Å². The fourth-order valence-electron chi connectivity index (χ4n) is 1.15. The van der Waals surface area contributed by atoms with Gasteiger partial charge in [-0.25, -0.2) is 4.79 Å². The Kier molecular flexibility index (Phi) is 7.69. The van der Waals surface area contributed by atoms with E-state index in [1.165, 1.54) is 0 Å². The van der Waals surface area contributed by atoms with Crippen LogP contribution in [0.5, 0.6) is 0 Å². The molecule has 0 spiro atoms. The Hall–Kier alpha value is -0.270. The van der Waals surface area contributed by atoms with Crippen molar-refractivity contribution >= 4 is 46.5 Å². The van der Waals surface area contributed by atoms with Crippen LogP contribution in [-0.4, -0.2) is 46.2 Å². The second-order valence-corrected chi connectivity index (χ2v) is 7.19. The standard InChI is InChI=1S/C11H17NO3S3/c1-8(2)10(13)12-3-4-18-11(14)15-9-5-16-7-17-6-9/h9H,1,3-7H2,2H3,(H,12,13). The summed E-state index contributed by atoms with van der Waals surface area (Å²) in [6.45, 7) is 5.62. The molecule has 7 heteroatoms. The molecule has 102 valence electrons. The number of thioether (sulfide) groups is 3. The third-order valence-corrected chi connectivity index (χ3v) is 5.32. The van der Waals surface area contributed by atoms with E-state index >= 15 is 0 Å². The summed E-state index contributed by atoms with van der Waals surface area (Å²) in [5, 5.41) is 3.49. The van der Waals surface area contributed by atoms with E-state index in [1.54, 1.807) is 30.4 Å². The molecule has 1 saturated heterocycles. The van der Waals surface area contributed by atoms with Crippen LogP contribution in [0.15, 0.2) is 12.2 Å². The van der Waals surface area contributed by atoms with E-state index in [9.17, 15) is 9.59 Å². The summed E-state index contributed by atoms with van der Waals surface area (Å²) in [5.41, 5.74) is 0.471. The zero-order chi connectivity index (χ0) is 13.4. The van der Waals surface area contributed by atoms with E-state index in [0.29, 0.717) is 17.9 Å². The monoisotopic (exact) mass is 307 g/mol. The first-order valence-corrected chi connectivity index (χ1v) is 8.81. The number of nitrogens with one attached hydrogen (secondary N) is 1. The lowest BCUT2D eigenvalue weighted by Crippen LogP contribution is -2.27. The maximum absolute atomic E-state index is 11.5. The van der Waals surface area contributed by atoms with Gasteiger partial charge in [0.2, 0.25) is 5.91 Å². The van der Waals surface area contributed by atoms with Gasteiger partial charge in [-0.3, -0.25) is 4.79 Å². The molecule has 0 aliphatic carbocycles. The van der Waals surface area contributed by atoms with E-state index in [2.05, 4.69) is 11.9 Å². The van der Waals surface area contributed by atoms with E-state index in [1.807, 2.05) is 0 Å². The largest absolute Gasteiger partial charge is 0.453 e. The molecule has 1 amide bonds. The number of hydrogen-bond donors (Lipinski definition) is 1. The molecule has 1 rings (SSSR count). The Bertz CT molecular complexity index is 317. The van der Waals surface area contributed by atoms with Gasteiger partial charge in [-0.05, 0) is 18.7 Å². The first-order chi connectivity index (χ1) is 8.59. The number of carbonyl (C=O) groups is 2. The first kappa shape index (κ1) is 15.8. The third kappa shape index (κ3) is 6.61. The molecule has 18 heavy (non-hydrogen) atoms. The number of rotatable bonds is 5. The Balaban J connectivity index is 2.06. The molecule has 0 saturated carbocycles. The molecule has 0 aromatic rings. The van der Waals surface area contributed by atoms with E-state index < -0.39 is 0 Å². The fraction of sp³-hybridized carbons (Fsp3) is 0.636. The van der Waals surface area contributed by atoms with Crippen LogP contribution in [-0.2, 0) is 9.53 Å². The van der Waals surface area contributed by atoms with Crippen molar-refractivity contribution in [2.45, 2.75) is 13.0 Å². The van der Waals surface area contributed by atoms with E-state index in [0.717, 1.165) is 28.4 Å². The lowest BCUT2D eigenvalue weighted by molar-refractivity contribution is -0.117. The van der Waals surface area contributed by atoms with Crippen LogP contribution in [0.1, 0.15) is 6.92 Å². The van der Waals surface area contributed by atoms with Crippen molar-refractivity contribution in [2.24, 2.45) is 0 Å². The highest BCUT2D eigenvalue weighted by atomic mass is 32.2. The highest BCUT2D eigenvalue weighted by Gasteiger charge is 2.18. The zero-order valence-electron chi connectivity index (χ0n) is 10.3. The molecule has 4 nitrogen and oxygen atoms in total. The van der Waals surface area contributed by atoms with Gasteiger partial charge >= 0.3 is 5.30 Å². The summed E-state index contributed by atoms with van der Waals surface area (Å²) in [4.78, 5) is 22.6. The van der Waals surface area contributed by atoms with Crippen LogP contribution >= 0.6 is 35.3 Å². The molecule has 0 atom stereocenters. The smallest absolute Gasteiger partial charge is 0.367 e. The maximum Gasteiger partial charge on any atom is 0.367 e. The SMILES string of the molecule is C=C(C)C(=O)NCCSC(=O)OC1CSCSC1. The molecule has 1 heterocycles. The molecule has 0 aromatic heterocycles. The van der Waals surface area contributed by atoms with Gasteiger partial charge in [0.1, 0.15) is 6.10 Å². The molecular formula is C11H17NO3S3. The molecule has 0 bridgehead atoms. The second-order valence-electron chi connectivity index (χ2n) is 3.73. The van der Waals surface area contributed by atoms with E-state index in [-0.39, 0.29) is 17.3 Å². The highest BCUT2D eigenvalue weighted by molar-refractivity contribution is 8.16. The van der Waals surface area contributed by atoms with E-state index in [4.69, 9.17) is 4.74 Å². The Morgan fingerprint density at radius 2 is 2.11 bits per heavy atom. The van der Waals surface area contributed by atoms with Gasteiger partial charge in [-0.1, -0.05) is 6.58 Å². The van der Waals surface area contributed by atoms with Crippen LogP contribution in [0.25, 0.3) is 0 Å². The van der Waals surface area contributed by atoms with Crippen LogP contribution in [0.4, 0.5) is 4.79 Å².